The quantitative estimate of drug-likeness (QED) is 0.385. The van der Waals surface area contributed by atoms with Gasteiger partial charge in [-0.1, -0.05) is 49.4 Å². The van der Waals surface area contributed by atoms with Crippen LogP contribution in [0.3, 0.4) is 0 Å². The fourth-order valence-corrected chi connectivity index (χ4v) is 6.63. The first-order valence-corrected chi connectivity index (χ1v) is 14.4. The molecule has 0 aliphatic heterocycles. The lowest BCUT2D eigenvalue weighted by Crippen LogP contribution is -2.50. The third-order valence-corrected chi connectivity index (χ3v) is 9.08. The number of amides is 1. The molecule has 1 aliphatic rings. The number of nitrogens with zero attached hydrogens (tertiary/aromatic N) is 2. The molecule has 1 aromatic heterocycles. The van der Waals surface area contributed by atoms with Gasteiger partial charge in [0.05, 0.1) is 12.7 Å². The summed E-state index contributed by atoms with van der Waals surface area (Å²) in [6.45, 7) is 2.96. The molecule has 3 aromatic rings. The van der Waals surface area contributed by atoms with E-state index in [1.54, 1.807) is 31.6 Å². The van der Waals surface area contributed by atoms with Crippen LogP contribution < -0.4 is 14.8 Å². The van der Waals surface area contributed by atoms with Gasteiger partial charge in [0.15, 0.2) is 0 Å². The van der Waals surface area contributed by atoms with Crippen LogP contribution in [-0.2, 0) is 22.2 Å². The second kappa shape index (κ2) is 12.5. The molecular formula is C29H36N4O4S. The van der Waals surface area contributed by atoms with Crippen molar-refractivity contribution in [2.24, 2.45) is 0 Å². The number of aromatic nitrogens is 1. The van der Waals surface area contributed by atoms with Gasteiger partial charge < -0.3 is 10.1 Å². The van der Waals surface area contributed by atoms with Gasteiger partial charge in [-0.2, -0.15) is 17.4 Å². The zero-order valence-electron chi connectivity index (χ0n) is 22.0. The van der Waals surface area contributed by atoms with E-state index in [1.165, 1.54) is 4.31 Å². The summed E-state index contributed by atoms with van der Waals surface area (Å²) >= 11 is 0. The van der Waals surface area contributed by atoms with Gasteiger partial charge in [-0.3, -0.25) is 9.78 Å². The van der Waals surface area contributed by atoms with E-state index in [9.17, 15) is 13.2 Å². The lowest BCUT2D eigenvalue weighted by Gasteiger charge is -2.41. The van der Waals surface area contributed by atoms with E-state index >= 15 is 0 Å². The van der Waals surface area contributed by atoms with Crippen LogP contribution in [0.25, 0.3) is 0 Å². The van der Waals surface area contributed by atoms with Crippen LogP contribution in [0.5, 0.6) is 5.75 Å². The van der Waals surface area contributed by atoms with E-state index in [1.807, 2.05) is 49.4 Å². The number of nitrogens with one attached hydrogen (secondary N) is 2. The van der Waals surface area contributed by atoms with Crippen molar-refractivity contribution in [1.29, 1.82) is 0 Å². The number of hydrogen-bond donors (Lipinski definition) is 2. The first-order valence-electron chi connectivity index (χ1n) is 13.0. The highest BCUT2D eigenvalue weighted by Crippen LogP contribution is 2.39. The summed E-state index contributed by atoms with van der Waals surface area (Å²) in [5, 5.41) is 3.13. The Bertz CT molecular complexity index is 1290. The molecule has 38 heavy (non-hydrogen) atoms. The number of rotatable bonds is 11. The SMILES string of the molecule is CCN(Cc1ccncc1)S(=O)(=O)N[C@H]1CC[C@](CNC(=O)c2ccccc2OC)(c2ccccc2)CC1. The minimum absolute atomic E-state index is 0.173. The third kappa shape index (κ3) is 6.59. The first-order chi connectivity index (χ1) is 18.4. The number of hydrogen-bond acceptors (Lipinski definition) is 5. The number of methoxy groups -OCH3 is 1. The number of para-hydroxylation sites is 1. The highest BCUT2D eigenvalue weighted by atomic mass is 32.2. The number of benzene rings is 2. The zero-order valence-corrected chi connectivity index (χ0v) is 22.8. The van der Waals surface area contributed by atoms with Gasteiger partial charge in [0, 0.05) is 43.5 Å². The Kier molecular flexibility index (Phi) is 9.14. The topological polar surface area (TPSA) is 101 Å². The summed E-state index contributed by atoms with van der Waals surface area (Å²) < 4.78 is 36.2. The van der Waals surface area contributed by atoms with E-state index in [-0.39, 0.29) is 17.4 Å². The average Bonchev–Trinajstić information content (AvgIpc) is 2.96. The summed E-state index contributed by atoms with van der Waals surface area (Å²) in [4.78, 5) is 17.1. The normalized spacial score (nSPS) is 19.7. The maximum absolute atomic E-state index is 13.2. The molecular weight excluding hydrogens is 500 g/mol. The molecule has 9 heteroatoms. The monoisotopic (exact) mass is 536 g/mol. The summed E-state index contributed by atoms with van der Waals surface area (Å²) in [5.74, 6) is 0.347. The third-order valence-electron chi connectivity index (χ3n) is 7.38. The van der Waals surface area contributed by atoms with Crippen molar-refractivity contribution in [2.75, 3.05) is 20.2 Å². The molecule has 1 amide bonds. The molecule has 0 atom stereocenters. The van der Waals surface area contributed by atoms with E-state index in [2.05, 4.69) is 27.2 Å². The summed E-state index contributed by atoms with van der Waals surface area (Å²) in [6, 6.07) is 20.8. The van der Waals surface area contributed by atoms with Gasteiger partial charge in [0.2, 0.25) is 0 Å². The van der Waals surface area contributed by atoms with E-state index in [0.29, 0.717) is 43.8 Å². The van der Waals surface area contributed by atoms with Crippen LogP contribution >= 0.6 is 0 Å². The van der Waals surface area contributed by atoms with Crippen molar-refractivity contribution in [3.8, 4) is 5.75 Å². The minimum Gasteiger partial charge on any atom is -0.496 e. The highest BCUT2D eigenvalue weighted by molar-refractivity contribution is 7.87. The molecule has 1 saturated carbocycles. The molecule has 0 bridgehead atoms. The van der Waals surface area contributed by atoms with Crippen molar-refractivity contribution >= 4 is 16.1 Å². The van der Waals surface area contributed by atoms with Crippen LogP contribution in [-0.4, -0.2) is 49.9 Å². The zero-order chi connectivity index (χ0) is 27.0. The first kappa shape index (κ1) is 27.8. The molecule has 1 fully saturated rings. The molecule has 8 nitrogen and oxygen atoms in total. The van der Waals surface area contributed by atoms with Crippen LogP contribution in [0.4, 0.5) is 0 Å². The second-order valence-electron chi connectivity index (χ2n) is 9.71. The van der Waals surface area contributed by atoms with Crippen molar-refractivity contribution < 1.29 is 17.9 Å². The van der Waals surface area contributed by atoms with Crippen LogP contribution in [0, 0.1) is 0 Å². The van der Waals surface area contributed by atoms with Gasteiger partial charge in [0.25, 0.3) is 16.1 Å². The lowest BCUT2D eigenvalue weighted by molar-refractivity contribution is 0.0932. The summed E-state index contributed by atoms with van der Waals surface area (Å²) in [5.41, 5.74) is 2.25. The van der Waals surface area contributed by atoms with Gasteiger partial charge in [-0.05, 0) is 61.1 Å². The molecule has 0 spiro atoms. The van der Waals surface area contributed by atoms with Gasteiger partial charge in [-0.25, -0.2) is 0 Å². The maximum atomic E-state index is 13.2. The van der Waals surface area contributed by atoms with Gasteiger partial charge in [-0.15, -0.1) is 0 Å². The smallest absolute Gasteiger partial charge is 0.279 e. The number of ether oxygens (including phenoxy) is 1. The predicted molar refractivity (Wildman–Crippen MR) is 148 cm³/mol. The number of carbonyl (C=O) groups excluding carboxylic acids is 1. The van der Waals surface area contributed by atoms with Crippen molar-refractivity contribution in [1.82, 2.24) is 19.3 Å². The molecule has 2 aromatic carbocycles. The molecule has 202 valence electrons. The fourth-order valence-electron chi connectivity index (χ4n) is 5.17. The van der Waals surface area contributed by atoms with Gasteiger partial charge >= 0.3 is 0 Å². The van der Waals surface area contributed by atoms with Crippen molar-refractivity contribution in [2.45, 2.75) is 50.6 Å². The summed E-state index contributed by atoms with van der Waals surface area (Å²) in [6.07, 6.45) is 6.16. The molecule has 0 unspecified atom stereocenters. The van der Waals surface area contributed by atoms with Crippen LogP contribution in [0.1, 0.15) is 54.1 Å². The molecule has 0 radical (unpaired) electrons. The highest BCUT2D eigenvalue weighted by Gasteiger charge is 2.39. The van der Waals surface area contributed by atoms with E-state index in [0.717, 1.165) is 24.0 Å². The van der Waals surface area contributed by atoms with E-state index in [4.69, 9.17) is 4.74 Å². The molecule has 0 saturated heterocycles. The minimum atomic E-state index is -3.66. The van der Waals surface area contributed by atoms with Crippen LogP contribution in [0.15, 0.2) is 79.1 Å². The number of pyridine rings is 1. The Morgan fingerprint density at radius 3 is 2.34 bits per heavy atom. The lowest BCUT2D eigenvalue weighted by atomic mass is 9.68. The Hall–Kier alpha value is -3.27. The fraction of sp³-hybridized carbons (Fsp3) is 0.379. The Morgan fingerprint density at radius 2 is 1.68 bits per heavy atom. The van der Waals surface area contributed by atoms with E-state index < -0.39 is 10.2 Å². The predicted octanol–water partition coefficient (Wildman–Crippen LogP) is 4.06. The molecule has 1 aliphatic carbocycles. The summed E-state index contributed by atoms with van der Waals surface area (Å²) in [7, 11) is -2.11. The number of carbonyl (C=O) groups is 1. The maximum Gasteiger partial charge on any atom is 0.279 e. The molecule has 4 rings (SSSR count). The van der Waals surface area contributed by atoms with Crippen molar-refractivity contribution in [3.63, 3.8) is 0 Å². The average molecular weight is 537 g/mol. The molecule has 1 heterocycles. The Morgan fingerprint density at radius 1 is 1.03 bits per heavy atom. The standard InChI is InChI=1S/C29H36N4O4S/c1-3-33(21-23-15-19-30-20-16-23)38(35,36)32-25-13-17-29(18-14-25,24-9-5-4-6-10-24)22-31-28(34)26-11-7-8-12-27(26)37-2/h4-12,15-16,19-20,25,32H,3,13-14,17-18,21-22H2,1-2H3,(H,31,34)/t25-,29-. The second-order valence-corrected chi connectivity index (χ2v) is 11.4. The van der Waals surface area contributed by atoms with Crippen molar-refractivity contribution in [3.05, 3.63) is 95.8 Å². The Labute approximate surface area is 225 Å². The largest absolute Gasteiger partial charge is 0.496 e. The van der Waals surface area contributed by atoms with Gasteiger partial charge in [0.1, 0.15) is 5.75 Å². The Balaban J connectivity index is 1.44. The molecule has 2 N–H and O–H groups in total. The van der Waals surface area contributed by atoms with Crippen LogP contribution in [0.2, 0.25) is 0 Å².